The van der Waals surface area contributed by atoms with Crippen LogP contribution in [0.4, 0.5) is 0 Å². The van der Waals surface area contributed by atoms with Crippen LogP contribution in [0.1, 0.15) is 34.8 Å². The minimum absolute atomic E-state index is 0.0220. The maximum Gasteiger partial charge on any atom is 0.336 e. The average molecular weight is 231 g/mol. The van der Waals surface area contributed by atoms with Crippen molar-refractivity contribution in [3.8, 4) is 0 Å². The van der Waals surface area contributed by atoms with Crippen molar-refractivity contribution in [3.63, 3.8) is 0 Å². The predicted molar refractivity (Wildman–Crippen MR) is 59.1 cm³/mol. The number of nitrogens with zero attached hydrogens (tertiary/aromatic N) is 2. The number of aromatic carboxylic acids is 1. The highest BCUT2D eigenvalue weighted by molar-refractivity contribution is 6.01. The van der Waals surface area contributed by atoms with Crippen LogP contribution in [0.25, 0.3) is 11.0 Å². The third kappa shape index (κ3) is 1.57. The van der Waals surface area contributed by atoms with Gasteiger partial charge in [0.1, 0.15) is 0 Å². The summed E-state index contributed by atoms with van der Waals surface area (Å²) < 4.78 is 0. The van der Waals surface area contributed by atoms with Crippen LogP contribution in [0.15, 0.2) is 17.2 Å². The van der Waals surface area contributed by atoms with E-state index in [2.05, 4.69) is 15.0 Å². The summed E-state index contributed by atoms with van der Waals surface area (Å²) in [6, 6.07) is 1.49. The second-order valence-electron chi connectivity index (χ2n) is 4.10. The van der Waals surface area contributed by atoms with Crippen molar-refractivity contribution in [2.45, 2.75) is 18.8 Å². The minimum Gasteiger partial charge on any atom is -0.478 e. The first kappa shape index (κ1) is 9.95. The Kier molecular flexibility index (Phi) is 1.98. The molecular weight excluding hydrogens is 222 g/mol. The molecule has 0 radical (unpaired) electrons. The fraction of sp³-hybridized carbons (Fsp3) is 0.273. The van der Waals surface area contributed by atoms with E-state index in [0.717, 1.165) is 12.8 Å². The SMILES string of the molecule is O=C(O)c1cc(C2CC2)nc2nc[nH]c(=O)c12. The van der Waals surface area contributed by atoms with Crippen LogP contribution in [0.5, 0.6) is 0 Å². The molecular formula is C11H9N3O3. The molecule has 1 saturated carbocycles. The van der Waals surface area contributed by atoms with Crippen molar-refractivity contribution in [3.05, 3.63) is 34.0 Å². The van der Waals surface area contributed by atoms with E-state index in [4.69, 9.17) is 5.11 Å². The summed E-state index contributed by atoms with van der Waals surface area (Å²) in [6.45, 7) is 0. The summed E-state index contributed by atoms with van der Waals surface area (Å²) in [5.41, 5.74) is 0.428. The van der Waals surface area contributed by atoms with E-state index in [0.29, 0.717) is 11.6 Å². The molecule has 0 aliphatic heterocycles. The van der Waals surface area contributed by atoms with Crippen LogP contribution in [0.3, 0.4) is 0 Å². The van der Waals surface area contributed by atoms with E-state index < -0.39 is 11.5 Å². The first-order valence-corrected chi connectivity index (χ1v) is 5.28. The third-order valence-corrected chi connectivity index (χ3v) is 2.86. The molecule has 17 heavy (non-hydrogen) atoms. The van der Waals surface area contributed by atoms with Crippen molar-refractivity contribution < 1.29 is 9.90 Å². The molecule has 6 nitrogen and oxygen atoms in total. The number of rotatable bonds is 2. The molecule has 0 atom stereocenters. The Morgan fingerprint density at radius 3 is 2.88 bits per heavy atom. The Bertz CT molecular complexity index is 673. The minimum atomic E-state index is -1.13. The lowest BCUT2D eigenvalue weighted by atomic mass is 10.1. The van der Waals surface area contributed by atoms with Crippen LogP contribution in [-0.4, -0.2) is 26.0 Å². The van der Waals surface area contributed by atoms with Gasteiger partial charge in [0.05, 0.1) is 17.3 Å². The number of fused-ring (bicyclic) bond motifs is 1. The number of H-pyrrole nitrogens is 1. The number of aromatic nitrogens is 3. The standard InChI is InChI=1S/C11H9N3O3/c15-10-8-6(11(16)17)3-7(5-1-2-5)14-9(8)12-4-13-10/h3-5H,1-2H2,(H,16,17)(H,12,13,14,15). The fourth-order valence-corrected chi connectivity index (χ4v) is 1.85. The molecule has 0 amide bonds. The Morgan fingerprint density at radius 2 is 2.24 bits per heavy atom. The molecule has 0 unspecified atom stereocenters. The first-order chi connectivity index (χ1) is 8.16. The Balaban J connectivity index is 2.39. The van der Waals surface area contributed by atoms with E-state index >= 15 is 0 Å². The van der Waals surface area contributed by atoms with E-state index in [-0.39, 0.29) is 16.6 Å². The lowest BCUT2D eigenvalue weighted by Crippen LogP contribution is -2.13. The van der Waals surface area contributed by atoms with Crippen LogP contribution >= 0.6 is 0 Å². The summed E-state index contributed by atoms with van der Waals surface area (Å²) in [4.78, 5) is 33.3. The maximum absolute atomic E-state index is 11.6. The van der Waals surface area contributed by atoms with Gasteiger partial charge in [0, 0.05) is 11.6 Å². The molecule has 3 rings (SSSR count). The Hall–Kier alpha value is -2.24. The molecule has 2 N–H and O–H groups in total. The molecule has 1 aliphatic rings. The van der Waals surface area contributed by atoms with Gasteiger partial charge in [-0.15, -0.1) is 0 Å². The van der Waals surface area contributed by atoms with Gasteiger partial charge in [-0.2, -0.15) is 0 Å². The van der Waals surface area contributed by atoms with E-state index in [1.807, 2.05) is 0 Å². The Morgan fingerprint density at radius 1 is 1.47 bits per heavy atom. The summed E-state index contributed by atoms with van der Waals surface area (Å²) in [5.74, 6) is -0.809. The monoisotopic (exact) mass is 231 g/mol. The van der Waals surface area contributed by atoms with Crippen molar-refractivity contribution >= 4 is 17.0 Å². The highest BCUT2D eigenvalue weighted by Crippen LogP contribution is 2.39. The lowest BCUT2D eigenvalue weighted by molar-refractivity contribution is 0.0698. The van der Waals surface area contributed by atoms with Crippen LogP contribution in [-0.2, 0) is 0 Å². The first-order valence-electron chi connectivity index (χ1n) is 5.28. The summed E-state index contributed by atoms with van der Waals surface area (Å²) in [6.07, 6.45) is 3.27. The lowest BCUT2D eigenvalue weighted by Gasteiger charge is -2.03. The summed E-state index contributed by atoms with van der Waals surface area (Å²) in [5, 5.41) is 9.17. The summed E-state index contributed by atoms with van der Waals surface area (Å²) in [7, 11) is 0. The third-order valence-electron chi connectivity index (χ3n) is 2.86. The number of hydrogen-bond acceptors (Lipinski definition) is 4. The Labute approximate surface area is 95.3 Å². The number of hydrogen-bond donors (Lipinski definition) is 2. The quantitative estimate of drug-likeness (QED) is 0.800. The van der Waals surface area contributed by atoms with Gasteiger partial charge in [-0.1, -0.05) is 0 Å². The van der Waals surface area contributed by atoms with Crippen molar-refractivity contribution in [2.75, 3.05) is 0 Å². The molecule has 2 aromatic rings. The predicted octanol–water partition coefficient (Wildman–Crippen LogP) is 0.894. The van der Waals surface area contributed by atoms with E-state index in [1.165, 1.54) is 12.4 Å². The van der Waals surface area contributed by atoms with E-state index in [9.17, 15) is 9.59 Å². The van der Waals surface area contributed by atoms with Crippen LogP contribution in [0.2, 0.25) is 0 Å². The van der Waals surface area contributed by atoms with Crippen molar-refractivity contribution in [2.24, 2.45) is 0 Å². The average Bonchev–Trinajstić information content (AvgIpc) is 3.11. The molecule has 1 aliphatic carbocycles. The molecule has 86 valence electrons. The van der Waals surface area contributed by atoms with Gasteiger partial charge < -0.3 is 10.1 Å². The molecule has 0 bridgehead atoms. The van der Waals surface area contributed by atoms with Gasteiger partial charge in [0.2, 0.25) is 0 Å². The number of aromatic amines is 1. The molecule has 2 heterocycles. The highest BCUT2D eigenvalue weighted by atomic mass is 16.4. The smallest absolute Gasteiger partial charge is 0.336 e. The second kappa shape index (κ2) is 3.38. The van der Waals surface area contributed by atoms with Crippen LogP contribution < -0.4 is 5.56 Å². The zero-order chi connectivity index (χ0) is 12.0. The number of nitrogens with one attached hydrogen (secondary N) is 1. The summed E-state index contributed by atoms with van der Waals surface area (Å²) >= 11 is 0. The zero-order valence-corrected chi connectivity index (χ0v) is 8.80. The number of pyridine rings is 1. The van der Waals surface area contributed by atoms with Crippen LogP contribution in [0, 0.1) is 0 Å². The van der Waals surface area contributed by atoms with Crippen molar-refractivity contribution in [1.82, 2.24) is 15.0 Å². The molecule has 6 heteroatoms. The molecule has 0 spiro atoms. The van der Waals surface area contributed by atoms with Gasteiger partial charge in [-0.05, 0) is 18.9 Å². The number of carboxylic acids is 1. The molecule has 0 saturated heterocycles. The number of carboxylic acid groups (broad SMARTS) is 1. The molecule has 2 aromatic heterocycles. The number of carbonyl (C=O) groups is 1. The molecule has 0 aromatic carbocycles. The van der Waals surface area contributed by atoms with E-state index in [1.54, 1.807) is 0 Å². The molecule has 1 fully saturated rings. The van der Waals surface area contributed by atoms with Gasteiger partial charge >= 0.3 is 5.97 Å². The normalized spacial score (nSPS) is 15.1. The largest absolute Gasteiger partial charge is 0.478 e. The fourth-order valence-electron chi connectivity index (χ4n) is 1.85. The zero-order valence-electron chi connectivity index (χ0n) is 8.80. The second-order valence-corrected chi connectivity index (χ2v) is 4.10. The topological polar surface area (TPSA) is 95.9 Å². The maximum atomic E-state index is 11.6. The van der Waals surface area contributed by atoms with Crippen molar-refractivity contribution in [1.29, 1.82) is 0 Å². The van der Waals surface area contributed by atoms with Gasteiger partial charge in [0.25, 0.3) is 5.56 Å². The van der Waals surface area contributed by atoms with Gasteiger partial charge in [-0.25, -0.2) is 14.8 Å². The highest BCUT2D eigenvalue weighted by Gasteiger charge is 2.27. The van der Waals surface area contributed by atoms with Gasteiger partial charge in [-0.3, -0.25) is 4.79 Å². The van der Waals surface area contributed by atoms with Gasteiger partial charge in [0.15, 0.2) is 5.65 Å².